The molecule has 142 valence electrons. The molecule has 2 heterocycles. The topological polar surface area (TPSA) is 92.9 Å². The Morgan fingerprint density at radius 2 is 1.52 bits per heavy atom. The molecule has 4 aromatic rings. The Hall–Kier alpha value is -4.17. The molecule has 2 aromatic heterocycles. The van der Waals surface area contributed by atoms with Crippen molar-refractivity contribution in [2.45, 2.75) is 6.92 Å². The largest absolute Gasteiger partial charge is 0.463 e. The lowest BCUT2D eigenvalue weighted by molar-refractivity contribution is 0.100. The Morgan fingerprint density at radius 1 is 0.897 bits per heavy atom. The number of benzene rings is 2. The average Bonchev–Trinajstić information content (AvgIpc) is 3.30. The fraction of sp³-hybridized carbons (Fsp3) is 0.0417. The van der Waals surface area contributed by atoms with Crippen LogP contribution in [0.5, 0.6) is 0 Å². The van der Waals surface area contributed by atoms with E-state index in [0.717, 1.165) is 28.1 Å². The molecule has 0 spiro atoms. The van der Waals surface area contributed by atoms with Gasteiger partial charge in [0, 0.05) is 17.7 Å². The van der Waals surface area contributed by atoms with Crippen LogP contribution in [-0.4, -0.2) is 10.9 Å². The van der Waals surface area contributed by atoms with Crippen LogP contribution in [0.1, 0.15) is 15.9 Å². The lowest BCUT2D eigenvalue weighted by Gasteiger charge is -2.09. The molecule has 0 saturated carbocycles. The van der Waals surface area contributed by atoms with Gasteiger partial charge in [-0.3, -0.25) is 4.79 Å². The van der Waals surface area contributed by atoms with Crippen LogP contribution < -0.4 is 5.73 Å². The summed E-state index contributed by atoms with van der Waals surface area (Å²) in [5, 5.41) is 6.50. The van der Waals surface area contributed by atoms with E-state index in [1.165, 1.54) is 5.56 Å². The van der Waals surface area contributed by atoms with Gasteiger partial charge < -0.3 is 10.2 Å². The van der Waals surface area contributed by atoms with Crippen molar-refractivity contribution in [3.63, 3.8) is 0 Å². The van der Waals surface area contributed by atoms with Crippen molar-refractivity contribution >= 4 is 5.91 Å². The van der Waals surface area contributed by atoms with Crippen LogP contribution in [0.2, 0.25) is 0 Å². The smallest absolute Gasteiger partial charge is 0.248 e. The van der Waals surface area contributed by atoms with Crippen molar-refractivity contribution in [2.75, 3.05) is 0 Å². The summed E-state index contributed by atoms with van der Waals surface area (Å²) < 4.78 is 5.55. The van der Waals surface area contributed by atoms with E-state index in [9.17, 15) is 4.79 Å². The number of pyridine rings is 1. The summed E-state index contributed by atoms with van der Waals surface area (Å²) in [6.07, 6.45) is 1.64. The van der Waals surface area contributed by atoms with Crippen molar-refractivity contribution in [2.24, 2.45) is 5.73 Å². The molecule has 0 radical (unpaired) electrons. The third-order valence-corrected chi connectivity index (χ3v) is 4.45. The number of nitrogens with zero attached hydrogens (tertiary/aromatic N) is 2. The highest BCUT2D eigenvalue weighted by Crippen LogP contribution is 2.30. The maximum atomic E-state index is 11.3. The second-order valence-corrected chi connectivity index (χ2v) is 6.41. The summed E-state index contributed by atoms with van der Waals surface area (Å²) in [5.74, 6) is 0.270. The number of aryl methyl sites for hydroxylation is 1. The molecule has 2 aromatic carbocycles. The molecule has 0 saturated heterocycles. The van der Waals surface area contributed by atoms with Crippen molar-refractivity contribution in [1.82, 2.24) is 4.98 Å². The molecule has 0 fully saturated rings. The van der Waals surface area contributed by atoms with Crippen LogP contribution in [0.25, 0.3) is 33.8 Å². The van der Waals surface area contributed by atoms with Gasteiger partial charge >= 0.3 is 0 Å². The van der Waals surface area contributed by atoms with Crippen LogP contribution in [0.15, 0.2) is 83.5 Å². The zero-order valence-corrected chi connectivity index (χ0v) is 15.9. The number of nitriles is 1. The molecule has 5 nitrogen and oxygen atoms in total. The van der Waals surface area contributed by atoms with E-state index in [1.807, 2.05) is 36.4 Å². The molecule has 2 N–H and O–H groups in total. The third-order valence-electron chi connectivity index (χ3n) is 4.45. The Balaban J connectivity index is 0.00000117. The first-order chi connectivity index (χ1) is 14.1. The van der Waals surface area contributed by atoms with Gasteiger partial charge in [0.1, 0.15) is 5.69 Å². The summed E-state index contributed by atoms with van der Waals surface area (Å²) in [6, 6.07) is 23.3. The van der Waals surface area contributed by atoms with Crippen molar-refractivity contribution in [3.8, 4) is 40.4 Å². The fourth-order valence-corrected chi connectivity index (χ4v) is 2.95. The number of primary amides is 1. The van der Waals surface area contributed by atoms with Gasteiger partial charge in [0.25, 0.3) is 0 Å². The van der Waals surface area contributed by atoms with Gasteiger partial charge in [0.15, 0.2) is 5.76 Å². The highest BCUT2D eigenvalue weighted by atomic mass is 16.3. The van der Waals surface area contributed by atoms with Crippen molar-refractivity contribution < 1.29 is 9.21 Å². The lowest BCUT2D eigenvalue weighted by atomic mass is 10.00. The normalized spacial score (nSPS) is 10.0. The van der Waals surface area contributed by atoms with Crippen molar-refractivity contribution in [3.05, 3.63) is 90.2 Å². The second kappa shape index (κ2) is 8.68. The predicted molar refractivity (Wildman–Crippen MR) is 113 cm³/mol. The molecule has 5 heteroatoms. The number of furan rings is 1. The summed E-state index contributed by atoms with van der Waals surface area (Å²) in [4.78, 5) is 16.1. The number of rotatable bonds is 4. The number of carbonyl (C=O) groups is 1. The molecule has 1 amide bonds. The lowest BCUT2D eigenvalue weighted by Crippen LogP contribution is -2.10. The van der Waals surface area contributed by atoms with Crippen LogP contribution in [0.3, 0.4) is 0 Å². The SMILES string of the molecule is C#N.Cc1ccc(-c2cc(-c3ccc(C(N)=O)cc3)cc(-c3ccco3)n2)cc1. The zero-order valence-electron chi connectivity index (χ0n) is 15.9. The molecule has 0 aliphatic heterocycles. The fourth-order valence-electron chi connectivity index (χ4n) is 2.95. The Morgan fingerprint density at radius 3 is 2.10 bits per heavy atom. The number of aromatic nitrogens is 1. The summed E-state index contributed by atoms with van der Waals surface area (Å²) in [5.41, 5.74) is 11.6. The minimum atomic E-state index is -0.437. The first-order valence-corrected chi connectivity index (χ1v) is 8.89. The average molecular weight is 381 g/mol. The van der Waals surface area contributed by atoms with E-state index >= 15 is 0 Å². The maximum Gasteiger partial charge on any atom is 0.248 e. The number of hydrogen-bond acceptors (Lipinski definition) is 4. The zero-order chi connectivity index (χ0) is 20.8. The Labute approximate surface area is 169 Å². The highest BCUT2D eigenvalue weighted by Gasteiger charge is 2.11. The minimum Gasteiger partial charge on any atom is -0.463 e. The van der Waals surface area contributed by atoms with E-state index < -0.39 is 5.91 Å². The van der Waals surface area contributed by atoms with E-state index in [-0.39, 0.29) is 0 Å². The van der Waals surface area contributed by atoms with E-state index in [2.05, 4.69) is 37.8 Å². The number of carbonyl (C=O) groups excluding carboxylic acids is 1. The monoisotopic (exact) mass is 381 g/mol. The molecular formula is C24H19N3O2. The summed E-state index contributed by atoms with van der Waals surface area (Å²) >= 11 is 0. The van der Waals surface area contributed by atoms with Crippen molar-refractivity contribution in [1.29, 1.82) is 5.26 Å². The van der Waals surface area contributed by atoms with Gasteiger partial charge in [-0.2, -0.15) is 0 Å². The third kappa shape index (κ3) is 4.40. The van der Waals surface area contributed by atoms with Gasteiger partial charge in [0.05, 0.1) is 12.0 Å². The highest BCUT2D eigenvalue weighted by molar-refractivity contribution is 5.93. The summed E-state index contributed by atoms with van der Waals surface area (Å²) in [6.45, 7) is 5.56. The number of amides is 1. The minimum absolute atomic E-state index is 0.437. The molecule has 0 bridgehead atoms. The first kappa shape index (κ1) is 19.6. The number of nitrogens with two attached hydrogens (primary N) is 1. The van der Waals surface area contributed by atoms with Gasteiger partial charge in [-0.15, -0.1) is 0 Å². The van der Waals surface area contributed by atoms with Gasteiger partial charge in [0.2, 0.25) is 5.91 Å². The first-order valence-electron chi connectivity index (χ1n) is 8.89. The van der Waals surface area contributed by atoms with E-state index in [0.29, 0.717) is 11.3 Å². The van der Waals surface area contributed by atoms with Crippen LogP contribution in [-0.2, 0) is 0 Å². The molecule has 0 unspecified atom stereocenters. The van der Waals surface area contributed by atoms with Gasteiger partial charge in [-0.1, -0.05) is 42.0 Å². The predicted octanol–water partition coefficient (Wildman–Crippen LogP) is 5.22. The molecular weight excluding hydrogens is 362 g/mol. The quantitative estimate of drug-likeness (QED) is 0.524. The second-order valence-electron chi connectivity index (χ2n) is 6.41. The van der Waals surface area contributed by atoms with Crippen LogP contribution >= 0.6 is 0 Å². The Kier molecular flexibility index (Phi) is 5.86. The van der Waals surface area contributed by atoms with E-state index in [1.54, 1.807) is 18.4 Å². The molecule has 4 rings (SSSR count). The molecule has 0 aliphatic rings. The maximum absolute atomic E-state index is 11.3. The summed E-state index contributed by atoms with van der Waals surface area (Å²) in [7, 11) is 0. The Bertz CT molecular complexity index is 1130. The molecule has 0 atom stereocenters. The van der Waals surface area contributed by atoms with E-state index in [4.69, 9.17) is 20.4 Å². The molecule has 29 heavy (non-hydrogen) atoms. The molecule has 0 aliphatic carbocycles. The van der Waals surface area contributed by atoms with Crippen LogP contribution in [0.4, 0.5) is 0 Å². The van der Waals surface area contributed by atoms with Crippen LogP contribution in [0, 0.1) is 18.8 Å². The van der Waals surface area contributed by atoms with Gasteiger partial charge in [-0.25, -0.2) is 10.2 Å². The number of hydrogen-bond donors (Lipinski definition) is 1. The van der Waals surface area contributed by atoms with Gasteiger partial charge in [-0.05, 0) is 54.4 Å². The standard InChI is InChI=1S/C23H18N2O2.CHN/c1-15-4-6-17(7-5-15)20-13-19(14-21(25-20)22-3-2-12-27-22)16-8-10-18(11-9-16)23(24)26;1-2/h2-14H,1H3,(H2,24,26);1H.